The van der Waals surface area contributed by atoms with Crippen molar-refractivity contribution < 1.29 is 23.9 Å². The molecular weight excluding hydrogens is 411 g/mol. The molecule has 2 aliphatic rings. The lowest BCUT2D eigenvalue weighted by Gasteiger charge is -2.49. The number of thioether (sulfide) groups is 1. The monoisotopic (exact) mass is 430 g/mol. The van der Waals surface area contributed by atoms with E-state index in [4.69, 9.17) is 5.73 Å². The van der Waals surface area contributed by atoms with Crippen LogP contribution in [0.2, 0.25) is 0 Å². The van der Waals surface area contributed by atoms with Gasteiger partial charge in [-0.2, -0.15) is 0 Å². The fourth-order valence-corrected chi connectivity index (χ4v) is 5.05. The standard InChI is InChI=1S/C20H19FN4O4S/c1-2-9-8-30-19-15(18(27)25(19)16(9)20(28)29)24-17(26)13(22)5-10-7-23-14-4-3-11(21)6-12(10)14/h2-4,6-7,13,15,19,23H,1,5,8,22H2,(H,24,26)(H,28,29)/t13-,15+,19+/m0/s1. The third-order valence-corrected chi connectivity index (χ3v) is 6.55. The number of rotatable bonds is 6. The van der Waals surface area contributed by atoms with Crippen LogP contribution in [0.4, 0.5) is 4.39 Å². The maximum atomic E-state index is 13.5. The molecule has 0 unspecified atom stereocenters. The number of nitrogens with two attached hydrogens (primary N) is 1. The quantitative estimate of drug-likeness (QED) is 0.508. The molecule has 30 heavy (non-hydrogen) atoms. The van der Waals surface area contributed by atoms with E-state index in [0.29, 0.717) is 22.3 Å². The Balaban J connectivity index is 1.45. The molecule has 2 aromatic rings. The lowest BCUT2D eigenvalue weighted by Crippen LogP contribution is -2.71. The molecule has 10 heteroatoms. The topological polar surface area (TPSA) is 129 Å². The number of H-pyrrole nitrogens is 1. The predicted octanol–water partition coefficient (Wildman–Crippen LogP) is 1.10. The number of benzene rings is 1. The molecule has 1 aromatic heterocycles. The molecule has 3 heterocycles. The summed E-state index contributed by atoms with van der Waals surface area (Å²) in [5.41, 5.74) is 7.81. The SMILES string of the molecule is C=CC1=C(C(=O)O)N2C(=O)[C@@H](NC(=O)[C@@H](N)Cc3c[nH]c4ccc(F)cc34)[C@H]2SC1. The zero-order chi connectivity index (χ0) is 21.6. The van der Waals surface area contributed by atoms with Gasteiger partial charge in [0.15, 0.2) is 0 Å². The Kier molecular flexibility index (Phi) is 5.12. The van der Waals surface area contributed by atoms with Crippen LogP contribution >= 0.6 is 11.8 Å². The van der Waals surface area contributed by atoms with Gasteiger partial charge in [0, 0.05) is 22.9 Å². The summed E-state index contributed by atoms with van der Waals surface area (Å²) in [4.78, 5) is 40.9. The molecule has 156 valence electrons. The molecule has 4 rings (SSSR count). The second kappa shape index (κ2) is 7.62. The minimum Gasteiger partial charge on any atom is -0.477 e. The predicted molar refractivity (Wildman–Crippen MR) is 110 cm³/mol. The number of nitrogens with one attached hydrogen (secondary N) is 2. The third kappa shape index (κ3) is 3.27. The largest absolute Gasteiger partial charge is 0.477 e. The summed E-state index contributed by atoms with van der Waals surface area (Å²) in [7, 11) is 0. The van der Waals surface area contributed by atoms with E-state index >= 15 is 0 Å². The van der Waals surface area contributed by atoms with Gasteiger partial charge < -0.3 is 21.1 Å². The van der Waals surface area contributed by atoms with Crippen LogP contribution in [0.25, 0.3) is 10.9 Å². The van der Waals surface area contributed by atoms with Gasteiger partial charge in [0.25, 0.3) is 5.91 Å². The number of halogens is 1. The van der Waals surface area contributed by atoms with Crippen LogP contribution < -0.4 is 11.1 Å². The molecule has 0 aliphatic carbocycles. The Hall–Kier alpha value is -3.11. The Morgan fingerprint density at radius 3 is 2.97 bits per heavy atom. The first-order chi connectivity index (χ1) is 14.3. The van der Waals surface area contributed by atoms with Crippen molar-refractivity contribution in [1.29, 1.82) is 0 Å². The van der Waals surface area contributed by atoms with Gasteiger partial charge in [-0.25, -0.2) is 9.18 Å². The van der Waals surface area contributed by atoms with Gasteiger partial charge in [-0.3, -0.25) is 14.5 Å². The van der Waals surface area contributed by atoms with Crippen LogP contribution in [0.5, 0.6) is 0 Å². The maximum absolute atomic E-state index is 13.5. The van der Waals surface area contributed by atoms with Gasteiger partial charge in [0.2, 0.25) is 5.91 Å². The first-order valence-corrected chi connectivity index (χ1v) is 10.2. The van der Waals surface area contributed by atoms with E-state index in [0.717, 1.165) is 5.52 Å². The second-order valence-electron chi connectivity index (χ2n) is 7.09. The van der Waals surface area contributed by atoms with Gasteiger partial charge in [0.1, 0.15) is 22.9 Å². The summed E-state index contributed by atoms with van der Waals surface area (Å²) in [5.74, 6) is -2.26. The highest BCUT2D eigenvalue weighted by molar-refractivity contribution is 8.00. The zero-order valence-corrected chi connectivity index (χ0v) is 16.5. The molecule has 0 spiro atoms. The van der Waals surface area contributed by atoms with Crippen molar-refractivity contribution in [2.45, 2.75) is 23.9 Å². The fourth-order valence-electron chi connectivity index (χ4n) is 3.71. The van der Waals surface area contributed by atoms with Crippen LogP contribution in [0.1, 0.15) is 5.56 Å². The van der Waals surface area contributed by atoms with Crippen molar-refractivity contribution in [1.82, 2.24) is 15.2 Å². The van der Waals surface area contributed by atoms with Crippen molar-refractivity contribution in [2.24, 2.45) is 5.73 Å². The number of carboxylic acids is 1. The number of carboxylic acid groups (broad SMARTS) is 1. The van der Waals surface area contributed by atoms with E-state index in [1.54, 1.807) is 12.3 Å². The minimum absolute atomic E-state index is 0.102. The highest BCUT2D eigenvalue weighted by atomic mass is 32.2. The van der Waals surface area contributed by atoms with Gasteiger partial charge in [-0.1, -0.05) is 12.7 Å². The van der Waals surface area contributed by atoms with Crippen molar-refractivity contribution >= 4 is 40.4 Å². The van der Waals surface area contributed by atoms with Crippen molar-refractivity contribution in [2.75, 3.05) is 5.75 Å². The molecule has 1 fully saturated rings. The molecule has 0 bridgehead atoms. The van der Waals surface area contributed by atoms with Crippen LogP contribution in [0.15, 0.2) is 48.3 Å². The third-order valence-electron chi connectivity index (χ3n) is 5.25. The lowest BCUT2D eigenvalue weighted by atomic mass is 10.0. The van der Waals surface area contributed by atoms with Crippen molar-refractivity contribution in [3.8, 4) is 0 Å². The van der Waals surface area contributed by atoms with Crippen LogP contribution in [0, 0.1) is 5.82 Å². The fraction of sp³-hybridized carbons (Fsp3) is 0.250. The van der Waals surface area contributed by atoms with E-state index in [9.17, 15) is 23.9 Å². The smallest absolute Gasteiger partial charge is 0.352 e. The van der Waals surface area contributed by atoms with Crippen molar-refractivity contribution in [3.05, 3.63) is 59.7 Å². The Bertz CT molecular complexity index is 1110. The van der Waals surface area contributed by atoms with E-state index in [1.807, 2.05) is 0 Å². The number of fused-ring (bicyclic) bond motifs is 2. The normalized spacial score (nSPS) is 21.8. The van der Waals surface area contributed by atoms with E-state index < -0.39 is 41.1 Å². The maximum Gasteiger partial charge on any atom is 0.352 e. The Morgan fingerprint density at radius 2 is 2.27 bits per heavy atom. The number of allylic oxidation sites excluding steroid dienone is 1. The van der Waals surface area contributed by atoms with E-state index in [1.165, 1.54) is 34.9 Å². The number of hydrogen-bond donors (Lipinski definition) is 4. The van der Waals surface area contributed by atoms with Gasteiger partial charge >= 0.3 is 5.97 Å². The Morgan fingerprint density at radius 1 is 1.50 bits per heavy atom. The molecule has 8 nitrogen and oxygen atoms in total. The van der Waals surface area contributed by atoms with Crippen LogP contribution in [0.3, 0.4) is 0 Å². The summed E-state index contributed by atoms with van der Waals surface area (Å²) >= 11 is 1.35. The molecule has 3 atom stereocenters. The van der Waals surface area contributed by atoms with Gasteiger partial charge in [-0.15, -0.1) is 11.8 Å². The number of hydrogen-bond acceptors (Lipinski definition) is 5. The highest BCUT2D eigenvalue weighted by Gasteiger charge is 2.54. The lowest BCUT2D eigenvalue weighted by molar-refractivity contribution is -0.150. The molecule has 1 aromatic carbocycles. The average Bonchev–Trinajstić information content (AvgIpc) is 3.11. The van der Waals surface area contributed by atoms with Crippen LogP contribution in [-0.2, 0) is 20.8 Å². The van der Waals surface area contributed by atoms with E-state index in [-0.39, 0.29) is 12.1 Å². The average molecular weight is 430 g/mol. The highest BCUT2D eigenvalue weighted by Crippen LogP contribution is 2.40. The summed E-state index contributed by atoms with van der Waals surface area (Å²) < 4.78 is 13.5. The number of aromatic amines is 1. The second-order valence-corrected chi connectivity index (χ2v) is 8.20. The molecule has 2 aliphatic heterocycles. The molecule has 2 amide bonds. The number of carbonyl (C=O) groups is 3. The number of amides is 2. The zero-order valence-electron chi connectivity index (χ0n) is 15.7. The summed E-state index contributed by atoms with van der Waals surface area (Å²) in [6, 6.07) is 2.50. The van der Waals surface area contributed by atoms with Crippen LogP contribution in [-0.4, -0.2) is 56.0 Å². The first-order valence-electron chi connectivity index (χ1n) is 9.17. The van der Waals surface area contributed by atoms with Crippen molar-refractivity contribution in [3.63, 3.8) is 0 Å². The van der Waals surface area contributed by atoms with Gasteiger partial charge in [0.05, 0.1) is 6.04 Å². The molecule has 0 radical (unpaired) electrons. The summed E-state index contributed by atoms with van der Waals surface area (Å²) in [6.07, 6.45) is 3.25. The van der Waals surface area contributed by atoms with E-state index in [2.05, 4.69) is 16.9 Å². The summed E-state index contributed by atoms with van der Waals surface area (Å²) in [5, 5.41) is 12.2. The first kappa shape index (κ1) is 20.2. The van der Waals surface area contributed by atoms with Gasteiger partial charge in [-0.05, 0) is 35.8 Å². The number of carbonyl (C=O) groups excluding carboxylic acids is 2. The number of aromatic nitrogens is 1. The minimum atomic E-state index is -1.21. The number of nitrogens with zero attached hydrogens (tertiary/aromatic N) is 1. The molecule has 0 saturated carbocycles. The molecule has 5 N–H and O–H groups in total. The number of aliphatic carboxylic acids is 1. The molecule has 1 saturated heterocycles. The molecular formula is C20H19FN4O4S. The summed E-state index contributed by atoms with van der Waals surface area (Å²) in [6.45, 7) is 3.59. The number of β-lactam (4-membered cyclic amide) rings is 1. The Labute approximate surface area is 175 Å².